The van der Waals surface area contributed by atoms with Gasteiger partial charge in [0.05, 0.1) is 11.1 Å². The Morgan fingerprint density at radius 3 is 2.30 bits per heavy atom. The molecule has 0 saturated carbocycles. The number of phenols is 2. The summed E-state index contributed by atoms with van der Waals surface area (Å²) in [7, 11) is 0. The highest BCUT2D eigenvalue weighted by Gasteiger charge is 2.47. The van der Waals surface area contributed by atoms with Gasteiger partial charge in [0.15, 0.2) is 17.3 Å². The van der Waals surface area contributed by atoms with Crippen molar-refractivity contribution in [2.75, 3.05) is 13.2 Å². The highest BCUT2D eigenvalue weighted by molar-refractivity contribution is 9.09. The molecule has 0 spiro atoms. The summed E-state index contributed by atoms with van der Waals surface area (Å²) >= 11 is 3.39. The number of hydrogen-bond donors (Lipinski definition) is 3. The van der Waals surface area contributed by atoms with Gasteiger partial charge in [0.1, 0.15) is 23.7 Å². The van der Waals surface area contributed by atoms with E-state index >= 15 is 0 Å². The predicted octanol–water partition coefficient (Wildman–Crippen LogP) is 3.76. The number of carbonyl (C=O) groups is 3. The summed E-state index contributed by atoms with van der Waals surface area (Å²) in [6.07, 6.45) is 2.41. The Balaban J connectivity index is 1.72. The number of ketones is 3. The zero-order valence-corrected chi connectivity index (χ0v) is 19.8. The van der Waals surface area contributed by atoms with Crippen molar-refractivity contribution in [2.24, 2.45) is 0 Å². The molecule has 2 unspecified atom stereocenters. The molecule has 2 aromatic rings. The summed E-state index contributed by atoms with van der Waals surface area (Å²) in [5.74, 6) is -2.62. The zero-order chi connectivity index (χ0) is 23.9. The van der Waals surface area contributed by atoms with E-state index in [9.17, 15) is 29.7 Å². The van der Waals surface area contributed by atoms with E-state index in [0.29, 0.717) is 6.61 Å². The van der Waals surface area contributed by atoms with Crippen LogP contribution in [0, 0.1) is 0 Å². The third-order valence-electron chi connectivity index (χ3n) is 6.40. The molecule has 0 aliphatic heterocycles. The molecule has 0 bridgehead atoms. The number of unbranched alkanes of at least 4 members (excludes halogenated alkanes) is 2. The molecular formula is C25H25BrO7. The molecule has 174 valence electrons. The van der Waals surface area contributed by atoms with Crippen LogP contribution in [0.3, 0.4) is 0 Å². The molecule has 4 rings (SSSR count). The van der Waals surface area contributed by atoms with E-state index in [2.05, 4.69) is 22.9 Å². The standard InChI is InChI=1S/C25H25BrO7/c1-2-3-6-9-33-12-17(27)25(32)10-15-18(16(26)11-25)24(31)20-19(23(15)30)21(28)13-7-4-5-8-14(13)22(20)29/h4-5,7-8,16,30-32H,2-3,6,9-12H2,1H3. The van der Waals surface area contributed by atoms with E-state index in [1.165, 1.54) is 12.1 Å². The van der Waals surface area contributed by atoms with E-state index in [1.54, 1.807) is 12.1 Å². The lowest BCUT2D eigenvalue weighted by atomic mass is 9.73. The fourth-order valence-corrected chi connectivity index (χ4v) is 5.66. The number of phenolic OH excluding ortho intramolecular Hbond substituents is 2. The second-order valence-corrected chi connectivity index (χ2v) is 9.71. The van der Waals surface area contributed by atoms with Gasteiger partial charge < -0.3 is 20.1 Å². The van der Waals surface area contributed by atoms with E-state index in [-0.39, 0.29) is 52.8 Å². The topological polar surface area (TPSA) is 121 Å². The van der Waals surface area contributed by atoms with Crippen molar-refractivity contribution in [3.8, 4) is 11.5 Å². The summed E-state index contributed by atoms with van der Waals surface area (Å²) in [6.45, 7) is 2.18. The van der Waals surface area contributed by atoms with Crippen LogP contribution in [0.2, 0.25) is 0 Å². The third-order valence-corrected chi connectivity index (χ3v) is 7.19. The van der Waals surface area contributed by atoms with Gasteiger partial charge in [-0.2, -0.15) is 0 Å². The largest absolute Gasteiger partial charge is 0.507 e. The van der Waals surface area contributed by atoms with Gasteiger partial charge in [0, 0.05) is 46.5 Å². The summed E-state index contributed by atoms with van der Waals surface area (Å²) < 4.78 is 5.42. The lowest BCUT2D eigenvalue weighted by Crippen LogP contribution is -2.46. The van der Waals surface area contributed by atoms with Gasteiger partial charge in [0.2, 0.25) is 0 Å². The van der Waals surface area contributed by atoms with Crippen LogP contribution in [0.5, 0.6) is 11.5 Å². The van der Waals surface area contributed by atoms with Crippen molar-refractivity contribution in [3.05, 3.63) is 57.6 Å². The first-order valence-corrected chi connectivity index (χ1v) is 11.9. The number of benzene rings is 2. The number of alkyl halides is 1. The molecule has 3 N–H and O–H groups in total. The first-order chi connectivity index (χ1) is 15.7. The van der Waals surface area contributed by atoms with E-state index < -0.39 is 39.3 Å². The molecule has 33 heavy (non-hydrogen) atoms. The van der Waals surface area contributed by atoms with Crippen LogP contribution in [0.25, 0.3) is 0 Å². The molecule has 0 amide bonds. The van der Waals surface area contributed by atoms with Crippen LogP contribution in [0.4, 0.5) is 0 Å². The lowest BCUT2D eigenvalue weighted by Gasteiger charge is -2.37. The van der Waals surface area contributed by atoms with Crippen LogP contribution >= 0.6 is 15.9 Å². The lowest BCUT2D eigenvalue weighted by molar-refractivity contribution is -0.143. The van der Waals surface area contributed by atoms with E-state index in [1.807, 2.05) is 0 Å². The number of ether oxygens (including phenoxy) is 1. The summed E-state index contributed by atoms with van der Waals surface area (Å²) in [6, 6.07) is 6.21. The zero-order valence-electron chi connectivity index (χ0n) is 18.2. The first kappa shape index (κ1) is 23.6. The molecule has 2 aromatic carbocycles. The maximum absolute atomic E-state index is 13.1. The number of Topliss-reactive ketones (excluding diaryl/α,β-unsaturated/α-hetero) is 1. The predicted molar refractivity (Wildman–Crippen MR) is 123 cm³/mol. The van der Waals surface area contributed by atoms with Gasteiger partial charge >= 0.3 is 0 Å². The maximum Gasteiger partial charge on any atom is 0.198 e. The Morgan fingerprint density at radius 1 is 1.09 bits per heavy atom. The van der Waals surface area contributed by atoms with Gasteiger partial charge in [-0.15, -0.1) is 0 Å². The minimum absolute atomic E-state index is 0.0711. The van der Waals surface area contributed by atoms with E-state index in [0.717, 1.165) is 19.3 Å². The number of aromatic hydroxyl groups is 2. The van der Waals surface area contributed by atoms with Gasteiger partial charge in [-0.25, -0.2) is 0 Å². The molecule has 2 atom stereocenters. The van der Waals surface area contributed by atoms with Crippen LogP contribution in [-0.2, 0) is 16.0 Å². The van der Waals surface area contributed by atoms with Crippen molar-refractivity contribution in [2.45, 2.75) is 49.5 Å². The van der Waals surface area contributed by atoms with Crippen molar-refractivity contribution in [1.82, 2.24) is 0 Å². The maximum atomic E-state index is 13.1. The summed E-state index contributed by atoms with van der Waals surface area (Å²) in [4.78, 5) is 38.3. The quantitative estimate of drug-likeness (QED) is 0.248. The summed E-state index contributed by atoms with van der Waals surface area (Å²) in [5.41, 5.74) is -1.86. The number of carbonyl (C=O) groups excluding carboxylic acids is 3. The van der Waals surface area contributed by atoms with Gasteiger partial charge in [0.25, 0.3) is 0 Å². The SMILES string of the molecule is CCCCCOCC(=O)C1(O)Cc2c(O)c3c(c(O)c2C(Br)C1)C(=O)c1ccccc1C3=O. The Morgan fingerprint density at radius 2 is 1.70 bits per heavy atom. The van der Waals surface area contributed by atoms with Crippen LogP contribution in [-0.4, -0.2) is 51.5 Å². The molecule has 0 heterocycles. The monoisotopic (exact) mass is 516 g/mol. The van der Waals surface area contributed by atoms with Crippen molar-refractivity contribution < 1.29 is 34.4 Å². The van der Waals surface area contributed by atoms with Crippen molar-refractivity contribution >= 4 is 33.3 Å². The first-order valence-electron chi connectivity index (χ1n) is 11.0. The molecular weight excluding hydrogens is 492 g/mol. The van der Waals surface area contributed by atoms with Crippen molar-refractivity contribution in [3.63, 3.8) is 0 Å². The number of hydrogen-bond acceptors (Lipinski definition) is 7. The Labute approximate surface area is 199 Å². The van der Waals surface area contributed by atoms with Gasteiger partial charge in [-0.3, -0.25) is 14.4 Å². The number of halogens is 1. The number of fused-ring (bicyclic) bond motifs is 3. The highest BCUT2D eigenvalue weighted by atomic mass is 79.9. The molecule has 7 nitrogen and oxygen atoms in total. The second-order valence-electron chi connectivity index (χ2n) is 8.61. The Hall–Kier alpha value is -2.55. The smallest absolute Gasteiger partial charge is 0.198 e. The average molecular weight is 517 g/mol. The minimum atomic E-state index is -1.86. The fraction of sp³-hybridized carbons (Fsp3) is 0.400. The van der Waals surface area contributed by atoms with Gasteiger partial charge in [-0.05, 0) is 6.42 Å². The molecule has 2 aliphatic rings. The Bertz CT molecular complexity index is 1160. The third kappa shape index (κ3) is 3.90. The van der Waals surface area contributed by atoms with E-state index in [4.69, 9.17) is 4.74 Å². The summed E-state index contributed by atoms with van der Waals surface area (Å²) in [5, 5.41) is 33.2. The van der Waals surface area contributed by atoms with Crippen LogP contribution in [0.1, 0.15) is 80.4 Å². The van der Waals surface area contributed by atoms with Crippen LogP contribution in [0.15, 0.2) is 24.3 Å². The van der Waals surface area contributed by atoms with Gasteiger partial charge in [-0.1, -0.05) is 60.0 Å². The molecule has 8 heteroatoms. The molecule has 0 aromatic heterocycles. The highest BCUT2D eigenvalue weighted by Crippen LogP contribution is 2.52. The normalized spacial score (nSPS) is 21.4. The molecule has 0 radical (unpaired) electrons. The van der Waals surface area contributed by atoms with Crippen LogP contribution < -0.4 is 0 Å². The van der Waals surface area contributed by atoms with Crippen molar-refractivity contribution in [1.29, 1.82) is 0 Å². The molecule has 0 saturated heterocycles. The average Bonchev–Trinajstić information content (AvgIpc) is 2.79. The number of rotatable bonds is 7. The Kier molecular flexibility index (Phi) is 6.44. The molecule has 2 aliphatic carbocycles. The molecule has 0 fully saturated rings. The second kappa shape index (κ2) is 9.00. The number of aliphatic hydroxyl groups is 1. The minimum Gasteiger partial charge on any atom is -0.507 e. The fourth-order valence-electron chi connectivity index (χ4n) is 4.63.